The van der Waals surface area contributed by atoms with Crippen LogP contribution in [0.3, 0.4) is 0 Å². The van der Waals surface area contributed by atoms with Gasteiger partial charge in [0, 0.05) is 60.8 Å². The zero-order valence-corrected chi connectivity index (χ0v) is 18.2. The van der Waals surface area contributed by atoms with E-state index in [1.807, 2.05) is 18.3 Å². The monoisotopic (exact) mass is 496 g/mol. The van der Waals surface area contributed by atoms with Gasteiger partial charge in [-0.3, -0.25) is 0 Å². The van der Waals surface area contributed by atoms with Gasteiger partial charge < -0.3 is 14.7 Å². The maximum atomic E-state index is 10.9. The second-order valence-corrected chi connectivity index (χ2v) is 8.98. The van der Waals surface area contributed by atoms with E-state index < -0.39 is 6.10 Å². The van der Waals surface area contributed by atoms with Crippen LogP contribution in [0.25, 0.3) is 32.7 Å². The molecule has 28 heavy (non-hydrogen) atoms. The summed E-state index contributed by atoms with van der Waals surface area (Å²) in [7, 11) is 0. The summed E-state index contributed by atoms with van der Waals surface area (Å²) in [4.78, 5) is 3.30. The Morgan fingerprint density at radius 1 is 0.857 bits per heavy atom. The standard InChI is InChI=1S/C23H18Br2N2O/c24-15-5-7-22-19(10-15)20-11-16(25)6-8-23(20)27(22)13-17(28)9-14-12-26-21-4-2-1-3-18(14)21/h1-8,10-12,17,26,28H,9,13H2. The molecular formula is C23H18Br2N2O. The quantitative estimate of drug-likeness (QED) is 0.296. The molecule has 0 aliphatic heterocycles. The van der Waals surface area contributed by atoms with Crippen LogP contribution >= 0.6 is 31.9 Å². The Labute approximate surface area is 179 Å². The van der Waals surface area contributed by atoms with Crippen molar-refractivity contribution in [1.29, 1.82) is 0 Å². The van der Waals surface area contributed by atoms with Gasteiger partial charge in [0.15, 0.2) is 0 Å². The van der Waals surface area contributed by atoms with Crippen LogP contribution in [-0.2, 0) is 13.0 Å². The van der Waals surface area contributed by atoms with Crippen LogP contribution in [0, 0.1) is 0 Å². The van der Waals surface area contributed by atoms with Gasteiger partial charge in [-0.05, 0) is 48.0 Å². The number of H-pyrrole nitrogens is 1. The third-order valence-electron chi connectivity index (χ3n) is 5.31. The Morgan fingerprint density at radius 2 is 1.50 bits per heavy atom. The number of aliphatic hydroxyl groups is 1. The van der Waals surface area contributed by atoms with E-state index in [4.69, 9.17) is 0 Å². The minimum Gasteiger partial charge on any atom is -0.391 e. The van der Waals surface area contributed by atoms with Gasteiger partial charge in [0.05, 0.1) is 6.10 Å². The van der Waals surface area contributed by atoms with Crippen LogP contribution in [0.5, 0.6) is 0 Å². The number of para-hydroxylation sites is 1. The zero-order chi connectivity index (χ0) is 19.3. The Hall–Kier alpha value is -2.08. The van der Waals surface area contributed by atoms with Gasteiger partial charge in [0.2, 0.25) is 0 Å². The first-order valence-electron chi connectivity index (χ1n) is 9.20. The lowest BCUT2D eigenvalue weighted by atomic mass is 10.1. The summed E-state index contributed by atoms with van der Waals surface area (Å²) < 4.78 is 4.33. The second-order valence-electron chi connectivity index (χ2n) is 7.15. The van der Waals surface area contributed by atoms with Crippen LogP contribution in [-0.4, -0.2) is 20.8 Å². The van der Waals surface area contributed by atoms with Crippen molar-refractivity contribution in [3.8, 4) is 0 Å². The summed E-state index contributed by atoms with van der Waals surface area (Å²) >= 11 is 7.17. The third kappa shape index (κ3) is 3.08. The molecule has 0 bridgehead atoms. The van der Waals surface area contributed by atoms with Crippen molar-refractivity contribution < 1.29 is 5.11 Å². The van der Waals surface area contributed by atoms with Crippen LogP contribution in [0.1, 0.15) is 5.56 Å². The molecule has 0 spiro atoms. The number of rotatable bonds is 4. The number of halogens is 2. The number of nitrogens with zero attached hydrogens (tertiary/aromatic N) is 1. The third-order valence-corrected chi connectivity index (χ3v) is 6.30. The van der Waals surface area contributed by atoms with E-state index in [-0.39, 0.29) is 0 Å². The molecule has 0 radical (unpaired) electrons. The van der Waals surface area contributed by atoms with Crippen molar-refractivity contribution in [2.24, 2.45) is 0 Å². The van der Waals surface area contributed by atoms with E-state index in [9.17, 15) is 5.11 Å². The Balaban J connectivity index is 1.55. The Kier molecular flexibility index (Phi) is 4.54. The molecule has 140 valence electrons. The number of aromatic amines is 1. The first-order chi connectivity index (χ1) is 13.6. The fourth-order valence-electron chi connectivity index (χ4n) is 4.07. The van der Waals surface area contributed by atoms with Crippen LogP contribution in [0.15, 0.2) is 75.8 Å². The number of hydrogen-bond donors (Lipinski definition) is 2. The van der Waals surface area contributed by atoms with E-state index in [1.54, 1.807) is 0 Å². The molecule has 3 aromatic carbocycles. The summed E-state index contributed by atoms with van der Waals surface area (Å²) in [6.45, 7) is 0.544. The summed E-state index contributed by atoms with van der Waals surface area (Å²) in [6.07, 6.45) is 2.14. The summed E-state index contributed by atoms with van der Waals surface area (Å²) in [5.74, 6) is 0. The number of aliphatic hydroxyl groups excluding tert-OH is 1. The zero-order valence-electron chi connectivity index (χ0n) is 15.0. The molecule has 2 aromatic heterocycles. The molecule has 5 aromatic rings. The van der Waals surface area contributed by atoms with Crippen LogP contribution < -0.4 is 0 Å². The topological polar surface area (TPSA) is 40.9 Å². The van der Waals surface area contributed by atoms with Crippen molar-refractivity contribution >= 4 is 64.6 Å². The minimum atomic E-state index is -0.481. The highest BCUT2D eigenvalue weighted by atomic mass is 79.9. The summed E-state index contributed by atoms with van der Waals surface area (Å²) in [5, 5.41) is 14.5. The number of benzene rings is 3. The summed E-state index contributed by atoms with van der Waals surface area (Å²) in [6, 6.07) is 20.9. The predicted molar refractivity (Wildman–Crippen MR) is 123 cm³/mol. The van der Waals surface area contributed by atoms with Crippen molar-refractivity contribution in [3.05, 3.63) is 81.4 Å². The van der Waals surface area contributed by atoms with E-state index in [0.717, 1.165) is 31.1 Å². The maximum absolute atomic E-state index is 10.9. The Bertz CT molecular complexity index is 1260. The lowest BCUT2D eigenvalue weighted by molar-refractivity contribution is 0.157. The molecule has 0 fully saturated rings. The first kappa shape index (κ1) is 18.0. The average Bonchev–Trinajstić information content (AvgIpc) is 3.21. The van der Waals surface area contributed by atoms with Crippen molar-refractivity contribution in [1.82, 2.24) is 9.55 Å². The Morgan fingerprint density at radius 3 is 2.18 bits per heavy atom. The highest BCUT2D eigenvalue weighted by Crippen LogP contribution is 2.33. The fraction of sp³-hybridized carbons (Fsp3) is 0.130. The van der Waals surface area contributed by atoms with Crippen molar-refractivity contribution in [2.45, 2.75) is 19.1 Å². The molecule has 5 rings (SSSR count). The first-order valence-corrected chi connectivity index (χ1v) is 10.8. The molecule has 3 nitrogen and oxygen atoms in total. The molecule has 5 heteroatoms. The largest absolute Gasteiger partial charge is 0.391 e. The second kappa shape index (κ2) is 7.07. The van der Waals surface area contributed by atoms with Gasteiger partial charge in [0.25, 0.3) is 0 Å². The lowest BCUT2D eigenvalue weighted by Crippen LogP contribution is -2.18. The number of fused-ring (bicyclic) bond motifs is 4. The molecule has 0 aliphatic carbocycles. The molecule has 2 heterocycles. The fourth-order valence-corrected chi connectivity index (χ4v) is 4.80. The predicted octanol–water partition coefficient (Wildman–Crippen LogP) is 6.40. The molecule has 1 unspecified atom stereocenters. The van der Waals surface area contributed by atoms with Crippen molar-refractivity contribution in [2.75, 3.05) is 0 Å². The highest BCUT2D eigenvalue weighted by Gasteiger charge is 2.16. The maximum Gasteiger partial charge on any atom is 0.0760 e. The van der Waals surface area contributed by atoms with Gasteiger partial charge in [0.1, 0.15) is 0 Å². The minimum absolute atomic E-state index is 0.481. The number of nitrogens with one attached hydrogen (secondary N) is 1. The molecule has 0 saturated heterocycles. The smallest absolute Gasteiger partial charge is 0.0760 e. The average molecular weight is 498 g/mol. The van der Waals surface area contributed by atoms with Crippen LogP contribution in [0.2, 0.25) is 0 Å². The van der Waals surface area contributed by atoms with E-state index in [2.05, 4.69) is 89.9 Å². The van der Waals surface area contributed by atoms with Gasteiger partial charge in [-0.25, -0.2) is 0 Å². The molecule has 1 atom stereocenters. The van der Waals surface area contributed by atoms with Crippen LogP contribution in [0.4, 0.5) is 0 Å². The van der Waals surface area contributed by atoms with Gasteiger partial charge >= 0.3 is 0 Å². The van der Waals surface area contributed by atoms with Gasteiger partial charge in [-0.2, -0.15) is 0 Å². The highest BCUT2D eigenvalue weighted by molar-refractivity contribution is 9.10. The molecular weight excluding hydrogens is 480 g/mol. The SMILES string of the molecule is OC(Cc1c[nH]c2ccccc12)Cn1c2ccc(Br)cc2c2cc(Br)ccc21. The van der Waals surface area contributed by atoms with E-state index in [0.29, 0.717) is 13.0 Å². The molecule has 0 amide bonds. The van der Waals surface area contributed by atoms with Crippen molar-refractivity contribution in [3.63, 3.8) is 0 Å². The summed E-state index contributed by atoms with van der Waals surface area (Å²) in [5.41, 5.74) is 4.52. The van der Waals surface area contributed by atoms with E-state index >= 15 is 0 Å². The number of hydrogen-bond acceptors (Lipinski definition) is 1. The van der Waals surface area contributed by atoms with Gasteiger partial charge in [-0.1, -0.05) is 50.1 Å². The molecule has 0 aliphatic rings. The van der Waals surface area contributed by atoms with E-state index in [1.165, 1.54) is 16.2 Å². The normalized spacial score (nSPS) is 13.0. The molecule has 0 saturated carbocycles. The van der Waals surface area contributed by atoms with Gasteiger partial charge in [-0.15, -0.1) is 0 Å². The number of aromatic nitrogens is 2. The lowest BCUT2D eigenvalue weighted by Gasteiger charge is -2.14. The molecule has 2 N–H and O–H groups in total.